The van der Waals surface area contributed by atoms with Crippen molar-refractivity contribution in [3.63, 3.8) is 0 Å². The van der Waals surface area contributed by atoms with Crippen molar-refractivity contribution in [1.29, 1.82) is 0 Å². The molecule has 216 valence electrons. The fourth-order valence-corrected chi connectivity index (χ4v) is 3.65. The lowest BCUT2D eigenvalue weighted by atomic mass is 9.90. The molecule has 1 aliphatic rings. The van der Waals surface area contributed by atoms with Crippen LogP contribution < -0.4 is 15.4 Å². The minimum atomic E-state index is -1.09. The number of ether oxygens (including phenoxy) is 4. The van der Waals surface area contributed by atoms with Gasteiger partial charge in [0.15, 0.2) is 12.4 Å². The number of hydrogen-bond donors (Lipinski definition) is 3. The lowest BCUT2D eigenvalue weighted by Gasteiger charge is -2.16. The Hall–Kier alpha value is -3.28. The van der Waals surface area contributed by atoms with E-state index in [9.17, 15) is 19.2 Å². The number of carboxylic acid groups (broad SMARTS) is 1. The molecule has 0 aromatic heterocycles. The predicted molar refractivity (Wildman–Crippen MR) is 143 cm³/mol. The maximum Gasteiger partial charge on any atom is 0.341 e. The molecule has 2 rings (SSSR count). The van der Waals surface area contributed by atoms with Crippen LogP contribution >= 0.6 is 0 Å². The van der Waals surface area contributed by atoms with E-state index in [0.29, 0.717) is 76.9 Å². The lowest BCUT2D eigenvalue weighted by molar-refractivity contribution is -0.139. The molecule has 1 aromatic rings. The third-order valence-corrected chi connectivity index (χ3v) is 5.71. The Labute approximate surface area is 229 Å². The number of fused-ring (bicyclic) bond motifs is 1. The monoisotopic (exact) mass is 548 g/mol. The molecule has 11 heteroatoms. The Morgan fingerprint density at radius 1 is 0.897 bits per heavy atom. The Morgan fingerprint density at radius 3 is 2.18 bits per heavy atom. The summed E-state index contributed by atoms with van der Waals surface area (Å²) in [7, 11) is 0. The number of aliphatic carboxylic acids is 1. The van der Waals surface area contributed by atoms with Crippen LogP contribution in [0, 0.1) is 0 Å². The molecular weight excluding hydrogens is 508 g/mol. The average molecular weight is 549 g/mol. The average Bonchev–Trinajstić information content (AvgIpc) is 2.92. The van der Waals surface area contributed by atoms with Gasteiger partial charge in [-0.05, 0) is 48.6 Å². The van der Waals surface area contributed by atoms with Gasteiger partial charge >= 0.3 is 5.97 Å². The number of hydrogen-bond acceptors (Lipinski definition) is 8. The number of benzene rings is 1. The van der Waals surface area contributed by atoms with E-state index in [0.717, 1.165) is 24.8 Å². The molecule has 0 radical (unpaired) electrons. The number of nitrogens with one attached hydrogen (secondary N) is 2. The van der Waals surface area contributed by atoms with Crippen LogP contribution in [0.5, 0.6) is 5.75 Å². The Balaban J connectivity index is 1.48. The summed E-state index contributed by atoms with van der Waals surface area (Å²) in [6, 6.07) is 4.93. The quantitative estimate of drug-likeness (QED) is 0.155. The first kappa shape index (κ1) is 31.9. The van der Waals surface area contributed by atoms with E-state index in [1.807, 2.05) is 0 Å². The summed E-state index contributed by atoms with van der Waals surface area (Å²) in [6.45, 7) is 5.40. The molecule has 1 aliphatic carbocycles. The molecule has 0 saturated heterocycles. The van der Waals surface area contributed by atoms with Crippen LogP contribution in [-0.2, 0) is 39.8 Å². The number of rotatable bonds is 21. The summed E-state index contributed by atoms with van der Waals surface area (Å²) in [5, 5.41) is 14.3. The molecule has 0 heterocycles. The summed E-state index contributed by atoms with van der Waals surface area (Å²) in [6.07, 6.45) is 5.45. The van der Waals surface area contributed by atoms with E-state index >= 15 is 0 Å². The maximum absolute atomic E-state index is 12.5. The van der Waals surface area contributed by atoms with Crippen LogP contribution in [0.4, 0.5) is 0 Å². The van der Waals surface area contributed by atoms with Gasteiger partial charge in [-0.2, -0.15) is 0 Å². The second-order valence-electron chi connectivity index (χ2n) is 8.95. The zero-order valence-electron chi connectivity index (χ0n) is 22.6. The van der Waals surface area contributed by atoms with Gasteiger partial charge in [0.1, 0.15) is 5.75 Å². The highest BCUT2D eigenvalue weighted by Crippen LogP contribution is 2.26. The number of unbranched alkanes of at least 4 members (excludes halogenated alkanes) is 1. The smallest absolute Gasteiger partial charge is 0.341 e. The van der Waals surface area contributed by atoms with E-state index < -0.39 is 18.5 Å². The summed E-state index contributed by atoms with van der Waals surface area (Å²) in [5.41, 5.74) is 1.50. The highest BCUT2D eigenvalue weighted by atomic mass is 16.5. The van der Waals surface area contributed by atoms with Crippen molar-refractivity contribution in [2.24, 2.45) is 0 Å². The van der Waals surface area contributed by atoms with E-state index in [4.69, 9.17) is 24.1 Å². The molecule has 0 fully saturated rings. The number of carbonyl (C=O) groups excluding carboxylic acids is 3. The van der Waals surface area contributed by atoms with Crippen molar-refractivity contribution in [2.45, 2.75) is 45.4 Å². The van der Waals surface area contributed by atoms with Crippen molar-refractivity contribution in [3.05, 3.63) is 34.9 Å². The largest absolute Gasteiger partial charge is 0.482 e. The summed E-state index contributed by atoms with van der Waals surface area (Å²) in [5.74, 6) is -1.37. The van der Waals surface area contributed by atoms with E-state index in [1.165, 1.54) is 0 Å². The molecule has 2 amide bonds. The van der Waals surface area contributed by atoms with Gasteiger partial charge in [0.05, 0.1) is 32.0 Å². The van der Waals surface area contributed by atoms with E-state index in [-0.39, 0.29) is 23.7 Å². The first-order valence-corrected chi connectivity index (χ1v) is 13.4. The van der Waals surface area contributed by atoms with Gasteiger partial charge in [0.25, 0.3) is 5.91 Å². The molecule has 0 spiro atoms. The molecule has 0 aliphatic heterocycles. The van der Waals surface area contributed by atoms with Gasteiger partial charge in [-0.25, -0.2) is 4.79 Å². The highest BCUT2D eigenvalue weighted by molar-refractivity contribution is 6.24. The fourth-order valence-electron chi connectivity index (χ4n) is 3.65. The minimum Gasteiger partial charge on any atom is -0.482 e. The third kappa shape index (κ3) is 13.4. The lowest BCUT2D eigenvalue weighted by Crippen LogP contribution is -2.31. The number of Topliss-reactive ketones (excluding diaryl/α,β-unsaturated/α-hetero) is 1. The van der Waals surface area contributed by atoms with Gasteiger partial charge in [-0.15, -0.1) is 0 Å². The Kier molecular flexibility index (Phi) is 15.5. The van der Waals surface area contributed by atoms with Gasteiger partial charge in [-0.1, -0.05) is 19.4 Å². The van der Waals surface area contributed by atoms with Crippen molar-refractivity contribution in [2.75, 3.05) is 59.3 Å². The third-order valence-electron chi connectivity index (χ3n) is 5.71. The first-order valence-electron chi connectivity index (χ1n) is 13.4. The molecule has 0 atom stereocenters. The van der Waals surface area contributed by atoms with E-state index in [1.54, 1.807) is 24.3 Å². The maximum atomic E-state index is 12.5. The summed E-state index contributed by atoms with van der Waals surface area (Å²) in [4.78, 5) is 47.0. The van der Waals surface area contributed by atoms with Crippen LogP contribution in [-0.4, -0.2) is 88.0 Å². The zero-order chi connectivity index (χ0) is 28.3. The summed E-state index contributed by atoms with van der Waals surface area (Å²) >= 11 is 0. The van der Waals surface area contributed by atoms with Crippen LogP contribution in [0.3, 0.4) is 0 Å². The Morgan fingerprint density at radius 2 is 1.54 bits per heavy atom. The second-order valence-corrected chi connectivity index (χ2v) is 8.95. The second kappa shape index (κ2) is 18.9. The first-order chi connectivity index (χ1) is 18.9. The number of ketones is 1. The van der Waals surface area contributed by atoms with Crippen molar-refractivity contribution in [3.8, 4) is 5.75 Å². The van der Waals surface area contributed by atoms with Gasteiger partial charge in [0, 0.05) is 39.1 Å². The molecular formula is C28H40N2O9. The van der Waals surface area contributed by atoms with Crippen LogP contribution in [0.2, 0.25) is 0 Å². The Bertz CT molecular complexity index is 978. The fraction of sp³-hybridized carbons (Fsp3) is 0.571. The molecule has 3 N–H and O–H groups in total. The van der Waals surface area contributed by atoms with Crippen LogP contribution in [0.15, 0.2) is 23.8 Å². The highest BCUT2D eigenvalue weighted by Gasteiger charge is 2.24. The van der Waals surface area contributed by atoms with Gasteiger partial charge in [-0.3, -0.25) is 14.4 Å². The minimum absolute atomic E-state index is 0.0460. The van der Waals surface area contributed by atoms with Crippen molar-refractivity contribution < 1.29 is 43.2 Å². The number of amides is 2. The summed E-state index contributed by atoms with van der Waals surface area (Å²) < 4.78 is 21.6. The topological polar surface area (TPSA) is 149 Å². The zero-order valence-corrected chi connectivity index (χ0v) is 22.6. The van der Waals surface area contributed by atoms with Crippen molar-refractivity contribution >= 4 is 29.6 Å². The van der Waals surface area contributed by atoms with Crippen LogP contribution in [0.25, 0.3) is 6.08 Å². The van der Waals surface area contributed by atoms with Gasteiger partial charge in [0.2, 0.25) is 5.91 Å². The molecule has 11 nitrogen and oxygen atoms in total. The molecule has 39 heavy (non-hydrogen) atoms. The van der Waals surface area contributed by atoms with Crippen molar-refractivity contribution in [1.82, 2.24) is 10.6 Å². The molecule has 0 bridgehead atoms. The standard InChI is InChI=1S/C28H40N2O9/c1-2-3-6-26(32)29-9-4-11-36-13-15-38-16-14-37-12-5-10-30-28(35)24-18-21-7-8-23(39-20-27(33)34)17-22(21)19-25(24)31/h7-8,17-18H,2-6,9-16,19-20H2,1H3,(H,29,32)(H,30,35)(H,33,34). The van der Waals surface area contributed by atoms with Crippen LogP contribution in [0.1, 0.15) is 50.2 Å². The van der Waals surface area contributed by atoms with Gasteiger partial charge < -0.3 is 34.7 Å². The molecule has 1 aromatic carbocycles. The molecule has 0 unspecified atom stereocenters. The SMILES string of the molecule is CCCCC(=O)NCCCOCCOCCOCCCNC(=O)C1=Cc2ccc(OCC(=O)O)cc2CC1=O. The molecule has 0 saturated carbocycles. The number of carboxylic acids is 1. The van der Waals surface area contributed by atoms with E-state index in [2.05, 4.69) is 17.6 Å². The predicted octanol–water partition coefficient (Wildman–Crippen LogP) is 1.91. The normalized spacial score (nSPS) is 12.4. The number of carbonyl (C=O) groups is 4.